The average Bonchev–Trinajstić information content (AvgIpc) is 3.53. The highest BCUT2D eigenvalue weighted by atomic mass is 16.6. The molecule has 1 aliphatic rings. The molecule has 4 rings (SSSR count). The molecular formula is C23H23NO3. The summed E-state index contributed by atoms with van der Waals surface area (Å²) in [6.07, 6.45) is 6.77. The second-order valence-electron chi connectivity index (χ2n) is 6.89. The first kappa shape index (κ1) is 17.5. The number of fused-ring (bicyclic) bond motifs is 1. The maximum atomic E-state index is 11.6. The zero-order valence-corrected chi connectivity index (χ0v) is 15.5. The van der Waals surface area contributed by atoms with Crippen molar-refractivity contribution in [2.45, 2.75) is 32.1 Å². The van der Waals surface area contributed by atoms with Crippen molar-refractivity contribution in [2.75, 3.05) is 13.2 Å². The Labute approximate surface area is 159 Å². The number of esters is 1. The van der Waals surface area contributed by atoms with Crippen molar-refractivity contribution in [3.63, 3.8) is 0 Å². The predicted octanol–water partition coefficient (Wildman–Crippen LogP) is 4.64. The molecule has 0 saturated heterocycles. The Bertz CT molecular complexity index is 963. The lowest BCUT2D eigenvalue weighted by Gasteiger charge is -2.14. The molecule has 0 N–H and O–H groups in total. The van der Waals surface area contributed by atoms with Gasteiger partial charge in [0.25, 0.3) is 0 Å². The highest BCUT2D eigenvalue weighted by Gasteiger charge is 2.25. The number of hydrogen-bond acceptors (Lipinski definition) is 4. The smallest absolute Gasteiger partial charge is 0.344 e. The van der Waals surface area contributed by atoms with Gasteiger partial charge in [-0.25, -0.2) is 4.79 Å². The summed E-state index contributed by atoms with van der Waals surface area (Å²) in [6.45, 7) is 2.04. The monoisotopic (exact) mass is 361 g/mol. The van der Waals surface area contributed by atoms with Crippen LogP contribution < -0.4 is 4.74 Å². The maximum absolute atomic E-state index is 11.6. The van der Waals surface area contributed by atoms with Crippen LogP contribution in [0.15, 0.2) is 54.9 Å². The lowest BCUT2D eigenvalue weighted by atomic mass is 9.94. The zero-order valence-electron chi connectivity index (χ0n) is 15.5. The lowest BCUT2D eigenvalue weighted by Crippen LogP contribution is -2.15. The van der Waals surface area contributed by atoms with E-state index in [9.17, 15) is 4.79 Å². The van der Waals surface area contributed by atoms with E-state index in [1.54, 1.807) is 19.2 Å². The molecule has 2 aromatic carbocycles. The van der Waals surface area contributed by atoms with E-state index < -0.39 is 0 Å². The molecule has 1 fully saturated rings. The first-order valence-corrected chi connectivity index (χ1v) is 9.48. The number of hydrogen-bond donors (Lipinski definition) is 0. The minimum atomic E-state index is -0.362. The van der Waals surface area contributed by atoms with Crippen molar-refractivity contribution in [1.29, 1.82) is 0 Å². The van der Waals surface area contributed by atoms with Crippen LogP contribution in [0.2, 0.25) is 0 Å². The van der Waals surface area contributed by atoms with Crippen LogP contribution >= 0.6 is 0 Å². The first-order valence-electron chi connectivity index (χ1n) is 9.48. The molecule has 4 heteroatoms. The maximum Gasteiger partial charge on any atom is 0.344 e. The fourth-order valence-electron chi connectivity index (χ4n) is 3.52. The average molecular weight is 361 g/mol. The van der Waals surface area contributed by atoms with Gasteiger partial charge in [0.15, 0.2) is 6.61 Å². The fourth-order valence-corrected chi connectivity index (χ4v) is 3.52. The van der Waals surface area contributed by atoms with Gasteiger partial charge in [-0.15, -0.1) is 0 Å². The third-order valence-electron chi connectivity index (χ3n) is 4.96. The molecule has 0 spiro atoms. The van der Waals surface area contributed by atoms with Crippen LogP contribution in [-0.2, 0) is 16.0 Å². The van der Waals surface area contributed by atoms with Crippen LogP contribution in [0.4, 0.5) is 0 Å². The molecule has 0 atom stereocenters. The zero-order chi connectivity index (χ0) is 18.6. The van der Waals surface area contributed by atoms with E-state index in [2.05, 4.69) is 41.4 Å². The molecule has 0 radical (unpaired) electrons. The summed E-state index contributed by atoms with van der Waals surface area (Å²) >= 11 is 0. The molecule has 0 unspecified atom stereocenters. The van der Waals surface area contributed by atoms with Crippen molar-refractivity contribution >= 4 is 16.7 Å². The van der Waals surface area contributed by atoms with E-state index in [-0.39, 0.29) is 12.6 Å². The Morgan fingerprint density at radius 2 is 1.89 bits per heavy atom. The molecule has 27 heavy (non-hydrogen) atoms. The molecule has 0 amide bonds. The summed E-state index contributed by atoms with van der Waals surface area (Å²) in [6, 6.07) is 14.9. The number of benzene rings is 2. The minimum Gasteiger partial charge on any atom is -0.481 e. The summed E-state index contributed by atoms with van der Waals surface area (Å²) < 4.78 is 10.6. The number of carbonyl (C=O) groups is 1. The van der Waals surface area contributed by atoms with E-state index in [1.165, 1.54) is 34.7 Å². The van der Waals surface area contributed by atoms with Crippen molar-refractivity contribution < 1.29 is 14.3 Å². The Morgan fingerprint density at radius 1 is 1.07 bits per heavy atom. The van der Waals surface area contributed by atoms with Crippen molar-refractivity contribution in [2.24, 2.45) is 0 Å². The van der Waals surface area contributed by atoms with Gasteiger partial charge in [-0.2, -0.15) is 0 Å². The highest BCUT2D eigenvalue weighted by molar-refractivity contribution is 5.89. The lowest BCUT2D eigenvalue weighted by molar-refractivity contribution is -0.145. The van der Waals surface area contributed by atoms with Crippen LogP contribution in [0.25, 0.3) is 10.8 Å². The van der Waals surface area contributed by atoms with Gasteiger partial charge >= 0.3 is 5.97 Å². The molecule has 1 saturated carbocycles. The van der Waals surface area contributed by atoms with E-state index in [0.717, 1.165) is 5.56 Å². The Hall–Kier alpha value is -2.88. The minimum absolute atomic E-state index is 0.0911. The molecule has 0 aliphatic heterocycles. The SMILES string of the molecule is CCOC(=O)COc1ccncc1Cc1ccc(C2CC2)c2ccccc12. The molecule has 1 aliphatic carbocycles. The van der Waals surface area contributed by atoms with Crippen molar-refractivity contribution in [1.82, 2.24) is 4.98 Å². The number of carbonyl (C=O) groups excluding carboxylic acids is 1. The standard InChI is InChI=1S/C23H23NO3/c1-2-26-23(25)15-27-22-11-12-24-14-18(22)13-17-9-10-20(16-7-8-16)21-6-4-3-5-19(17)21/h3-6,9-12,14,16H,2,7-8,13,15H2,1H3. The van der Waals surface area contributed by atoms with Gasteiger partial charge in [-0.3, -0.25) is 4.98 Å². The Balaban J connectivity index is 1.61. The molecule has 138 valence electrons. The summed E-state index contributed by atoms with van der Waals surface area (Å²) in [5.41, 5.74) is 3.66. The van der Waals surface area contributed by atoms with E-state index in [0.29, 0.717) is 24.7 Å². The van der Waals surface area contributed by atoms with Crippen molar-refractivity contribution in [3.8, 4) is 5.75 Å². The van der Waals surface area contributed by atoms with Gasteiger partial charge in [0.2, 0.25) is 0 Å². The molecule has 3 aromatic rings. The van der Waals surface area contributed by atoms with Crippen LogP contribution in [-0.4, -0.2) is 24.2 Å². The van der Waals surface area contributed by atoms with Crippen LogP contribution in [0.1, 0.15) is 42.4 Å². The normalized spacial score (nSPS) is 13.5. The summed E-state index contributed by atoms with van der Waals surface area (Å²) in [5, 5.41) is 2.62. The quantitative estimate of drug-likeness (QED) is 0.575. The molecule has 4 nitrogen and oxygen atoms in total. The summed E-state index contributed by atoms with van der Waals surface area (Å²) in [7, 11) is 0. The number of ether oxygens (including phenoxy) is 2. The Morgan fingerprint density at radius 3 is 2.67 bits per heavy atom. The summed E-state index contributed by atoms with van der Waals surface area (Å²) in [4.78, 5) is 15.8. The van der Waals surface area contributed by atoms with Crippen molar-refractivity contribution in [3.05, 3.63) is 71.5 Å². The summed E-state index contributed by atoms with van der Waals surface area (Å²) in [5.74, 6) is 1.03. The number of pyridine rings is 1. The van der Waals surface area contributed by atoms with Gasteiger partial charge in [-0.1, -0.05) is 36.4 Å². The number of rotatable bonds is 7. The second kappa shape index (κ2) is 7.78. The van der Waals surface area contributed by atoms with Crippen LogP contribution in [0.5, 0.6) is 5.75 Å². The molecule has 1 heterocycles. The van der Waals surface area contributed by atoms with Crippen LogP contribution in [0.3, 0.4) is 0 Å². The largest absolute Gasteiger partial charge is 0.481 e. The first-order chi connectivity index (χ1) is 13.3. The van der Waals surface area contributed by atoms with Gasteiger partial charge in [0.05, 0.1) is 6.61 Å². The van der Waals surface area contributed by atoms with Gasteiger partial charge in [0.1, 0.15) is 5.75 Å². The second-order valence-corrected chi connectivity index (χ2v) is 6.89. The predicted molar refractivity (Wildman–Crippen MR) is 105 cm³/mol. The molecule has 0 bridgehead atoms. The number of nitrogens with zero attached hydrogens (tertiary/aromatic N) is 1. The molecule has 1 aromatic heterocycles. The van der Waals surface area contributed by atoms with Gasteiger partial charge in [0, 0.05) is 24.4 Å². The number of aromatic nitrogens is 1. The van der Waals surface area contributed by atoms with Gasteiger partial charge < -0.3 is 9.47 Å². The third-order valence-corrected chi connectivity index (χ3v) is 4.96. The molecular weight excluding hydrogens is 338 g/mol. The van der Waals surface area contributed by atoms with E-state index in [4.69, 9.17) is 9.47 Å². The van der Waals surface area contributed by atoms with E-state index in [1.807, 2.05) is 6.20 Å². The van der Waals surface area contributed by atoms with Crippen LogP contribution in [0, 0.1) is 0 Å². The fraction of sp³-hybridized carbons (Fsp3) is 0.304. The topological polar surface area (TPSA) is 48.4 Å². The van der Waals surface area contributed by atoms with E-state index >= 15 is 0 Å². The highest BCUT2D eigenvalue weighted by Crippen LogP contribution is 2.43. The third kappa shape index (κ3) is 3.95. The Kier molecular flexibility index (Phi) is 5.05. The van der Waals surface area contributed by atoms with Gasteiger partial charge in [-0.05, 0) is 53.6 Å².